The lowest BCUT2D eigenvalue weighted by Crippen LogP contribution is -2.25. The van der Waals surface area contributed by atoms with Crippen molar-refractivity contribution in [3.8, 4) is 17.1 Å². The molecule has 0 spiro atoms. The SMILES string of the molecule is CCOc1cncc(-c2cc(F)c(C(=O)NCc3cc(NS(=O)(=O)C4CC4)ccn3)cc2F)n1. The van der Waals surface area contributed by atoms with Crippen LogP contribution in [0.1, 0.15) is 35.8 Å². The van der Waals surface area contributed by atoms with E-state index in [1.807, 2.05) is 0 Å². The number of sulfonamides is 1. The zero-order valence-electron chi connectivity index (χ0n) is 18.1. The predicted molar refractivity (Wildman–Crippen MR) is 120 cm³/mol. The number of rotatable bonds is 9. The van der Waals surface area contributed by atoms with Gasteiger partial charge >= 0.3 is 0 Å². The van der Waals surface area contributed by atoms with E-state index in [0.29, 0.717) is 30.8 Å². The number of pyridine rings is 1. The minimum absolute atomic E-state index is 0.0592. The summed E-state index contributed by atoms with van der Waals surface area (Å²) in [5, 5.41) is 2.07. The van der Waals surface area contributed by atoms with E-state index in [1.54, 1.807) is 6.92 Å². The second-order valence-electron chi connectivity index (χ2n) is 7.55. The second kappa shape index (κ2) is 9.67. The first-order valence-corrected chi connectivity index (χ1v) is 12.0. The van der Waals surface area contributed by atoms with Crippen LogP contribution in [0.2, 0.25) is 0 Å². The van der Waals surface area contributed by atoms with Crippen LogP contribution in [0.25, 0.3) is 11.3 Å². The molecule has 0 atom stereocenters. The second-order valence-corrected chi connectivity index (χ2v) is 9.51. The first kappa shape index (κ1) is 23.5. The molecule has 12 heteroatoms. The lowest BCUT2D eigenvalue weighted by molar-refractivity contribution is 0.0946. The van der Waals surface area contributed by atoms with E-state index in [0.717, 1.165) is 12.1 Å². The maximum Gasteiger partial charge on any atom is 0.254 e. The van der Waals surface area contributed by atoms with Gasteiger partial charge in [0.2, 0.25) is 15.9 Å². The van der Waals surface area contributed by atoms with Gasteiger partial charge in [-0.05, 0) is 44.0 Å². The zero-order valence-corrected chi connectivity index (χ0v) is 18.9. The fraction of sp³-hybridized carbons (Fsp3) is 0.273. The van der Waals surface area contributed by atoms with E-state index >= 15 is 0 Å². The summed E-state index contributed by atoms with van der Waals surface area (Å²) < 4.78 is 61.2. The van der Waals surface area contributed by atoms with Gasteiger partial charge in [0.25, 0.3) is 5.91 Å². The molecule has 1 aromatic carbocycles. The molecule has 0 bridgehead atoms. The van der Waals surface area contributed by atoms with Crippen molar-refractivity contribution in [1.29, 1.82) is 0 Å². The molecule has 2 N–H and O–H groups in total. The number of hydrogen-bond donors (Lipinski definition) is 2. The fourth-order valence-electron chi connectivity index (χ4n) is 3.14. The maximum atomic E-state index is 14.7. The molecule has 1 amide bonds. The number of hydrogen-bond acceptors (Lipinski definition) is 7. The van der Waals surface area contributed by atoms with Crippen LogP contribution in [0.15, 0.2) is 42.9 Å². The average Bonchev–Trinajstić information content (AvgIpc) is 3.65. The van der Waals surface area contributed by atoms with Crippen LogP contribution in [0.3, 0.4) is 0 Å². The number of amides is 1. The number of anilines is 1. The summed E-state index contributed by atoms with van der Waals surface area (Å²) in [6.45, 7) is 1.96. The number of nitrogens with one attached hydrogen (secondary N) is 2. The molecule has 4 rings (SSSR count). The molecule has 0 radical (unpaired) electrons. The Labute approximate surface area is 194 Å². The molecule has 1 saturated carbocycles. The highest BCUT2D eigenvalue weighted by Crippen LogP contribution is 2.29. The van der Waals surface area contributed by atoms with Crippen LogP contribution in [0, 0.1) is 11.6 Å². The van der Waals surface area contributed by atoms with E-state index < -0.39 is 38.4 Å². The van der Waals surface area contributed by atoms with Gasteiger partial charge in [-0.2, -0.15) is 0 Å². The van der Waals surface area contributed by atoms with Crippen molar-refractivity contribution >= 4 is 21.6 Å². The van der Waals surface area contributed by atoms with Gasteiger partial charge in [0, 0.05) is 11.8 Å². The number of ether oxygens (including phenoxy) is 1. The first-order valence-electron chi connectivity index (χ1n) is 10.5. The van der Waals surface area contributed by atoms with Crippen molar-refractivity contribution in [1.82, 2.24) is 20.3 Å². The first-order chi connectivity index (χ1) is 16.3. The van der Waals surface area contributed by atoms with Crippen molar-refractivity contribution in [2.24, 2.45) is 0 Å². The number of benzene rings is 1. The van der Waals surface area contributed by atoms with Gasteiger partial charge < -0.3 is 10.1 Å². The van der Waals surface area contributed by atoms with Gasteiger partial charge in [-0.3, -0.25) is 19.5 Å². The van der Waals surface area contributed by atoms with Crippen LogP contribution < -0.4 is 14.8 Å². The fourth-order valence-corrected chi connectivity index (χ4v) is 4.52. The summed E-state index contributed by atoms with van der Waals surface area (Å²) in [6.07, 6.45) is 5.24. The Morgan fingerprint density at radius 3 is 2.71 bits per heavy atom. The van der Waals surface area contributed by atoms with Gasteiger partial charge in [-0.25, -0.2) is 22.2 Å². The van der Waals surface area contributed by atoms with Gasteiger partial charge in [-0.15, -0.1) is 0 Å². The number of aromatic nitrogens is 3. The quantitative estimate of drug-likeness (QED) is 0.474. The summed E-state index contributed by atoms with van der Waals surface area (Å²) >= 11 is 0. The average molecular weight is 490 g/mol. The predicted octanol–water partition coefficient (Wildman–Crippen LogP) is 3.05. The third kappa shape index (κ3) is 5.45. The van der Waals surface area contributed by atoms with Gasteiger partial charge in [-0.1, -0.05) is 0 Å². The third-order valence-corrected chi connectivity index (χ3v) is 6.82. The molecule has 1 fully saturated rings. The maximum absolute atomic E-state index is 14.7. The number of halogens is 2. The smallest absolute Gasteiger partial charge is 0.254 e. The Kier molecular flexibility index (Phi) is 6.68. The van der Waals surface area contributed by atoms with Gasteiger partial charge in [0.1, 0.15) is 11.6 Å². The monoisotopic (exact) mass is 489 g/mol. The summed E-state index contributed by atoms with van der Waals surface area (Å²) in [4.78, 5) is 24.5. The minimum atomic E-state index is -3.45. The molecule has 1 aliphatic carbocycles. The van der Waals surface area contributed by atoms with Crippen LogP contribution in [0.4, 0.5) is 14.5 Å². The zero-order chi connectivity index (χ0) is 24.3. The molecule has 0 unspecified atom stereocenters. The molecule has 2 heterocycles. The Hall–Kier alpha value is -3.67. The molecular weight excluding hydrogens is 468 g/mol. The molecule has 34 heavy (non-hydrogen) atoms. The highest BCUT2D eigenvalue weighted by molar-refractivity contribution is 7.93. The van der Waals surface area contributed by atoms with Crippen LogP contribution in [-0.2, 0) is 16.6 Å². The Bertz CT molecular complexity index is 1330. The highest BCUT2D eigenvalue weighted by atomic mass is 32.2. The normalized spacial score (nSPS) is 13.4. The van der Waals surface area contributed by atoms with E-state index in [-0.39, 0.29) is 23.7 Å². The number of nitrogens with zero attached hydrogens (tertiary/aromatic N) is 3. The topological polar surface area (TPSA) is 123 Å². The summed E-state index contributed by atoms with van der Waals surface area (Å²) in [5.41, 5.74) is 0.0399. The molecule has 178 valence electrons. The molecule has 0 saturated heterocycles. The van der Waals surface area contributed by atoms with E-state index in [1.165, 1.54) is 30.7 Å². The summed E-state index contributed by atoms with van der Waals surface area (Å²) in [5.74, 6) is -2.50. The standard InChI is InChI=1S/C22H21F2N5O4S/c1-2-33-21-12-25-11-20(28-21)16-8-19(24)17(9-18(16)23)22(30)27-10-14-7-13(5-6-26-14)29-34(31,32)15-3-4-15/h5-9,11-12,15H,2-4,10H2,1H3,(H,26,29)(H,27,30). The molecular formula is C22H21F2N5O4S. The minimum Gasteiger partial charge on any atom is -0.477 e. The molecule has 2 aromatic heterocycles. The van der Waals surface area contributed by atoms with Crippen molar-refractivity contribution in [3.05, 3.63) is 65.7 Å². The largest absolute Gasteiger partial charge is 0.477 e. The molecule has 1 aliphatic rings. The van der Waals surface area contributed by atoms with Gasteiger partial charge in [0.05, 0.1) is 53.4 Å². The highest BCUT2D eigenvalue weighted by Gasteiger charge is 2.35. The van der Waals surface area contributed by atoms with Crippen molar-refractivity contribution in [3.63, 3.8) is 0 Å². The third-order valence-electron chi connectivity index (χ3n) is 4.95. The Morgan fingerprint density at radius 1 is 1.18 bits per heavy atom. The van der Waals surface area contributed by atoms with Crippen molar-refractivity contribution in [2.75, 3.05) is 11.3 Å². The van der Waals surface area contributed by atoms with E-state index in [9.17, 15) is 22.0 Å². The van der Waals surface area contributed by atoms with Gasteiger partial charge in [0.15, 0.2) is 0 Å². The number of carbonyl (C=O) groups is 1. The summed E-state index contributed by atoms with van der Waals surface area (Å²) in [7, 11) is -3.45. The lowest BCUT2D eigenvalue weighted by Gasteiger charge is -2.11. The van der Waals surface area contributed by atoms with Crippen LogP contribution in [-0.4, -0.2) is 41.1 Å². The van der Waals surface area contributed by atoms with E-state index in [4.69, 9.17) is 4.74 Å². The number of carbonyl (C=O) groups excluding carboxylic acids is 1. The van der Waals surface area contributed by atoms with Crippen molar-refractivity contribution < 1.29 is 26.7 Å². The molecule has 9 nitrogen and oxygen atoms in total. The van der Waals surface area contributed by atoms with E-state index in [2.05, 4.69) is 25.0 Å². The lowest BCUT2D eigenvalue weighted by atomic mass is 10.1. The van der Waals surface area contributed by atoms with Crippen molar-refractivity contribution in [2.45, 2.75) is 31.6 Å². The Morgan fingerprint density at radius 2 is 1.97 bits per heavy atom. The summed E-state index contributed by atoms with van der Waals surface area (Å²) in [6, 6.07) is 4.60. The Balaban J connectivity index is 1.46. The van der Waals surface area contributed by atoms with Crippen LogP contribution >= 0.6 is 0 Å². The molecule has 3 aromatic rings. The van der Waals surface area contributed by atoms with Crippen LogP contribution in [0.5, 0.6) is 5.88 Å². The molecule has 0 aliphatic heterocycles.